The van der Waals surface area contributed by atoms with Crippen LogP contribution in [0.4, 0.5) is 22.0 Å². The van der Waals surface area contributed by atoms with Crippen molar-refractivity contribution in [3.05, 3.63) is 35.5 Å². The van der Waals surface area contributed by atoms with Gasteiger partial charge >= 0.3 is 12.3 Å². The molecule has 0 unspecified atom stereocenters. The van der Waals surface area contributed by atoms with Crippen LogP contribution in [-0.2, 0) is 10.8 Å². The summed E-state index contributed by atoms with van der Waals surface area (Å²) in [5, 5.41) is 7.07. The number of hydrogen-bond donors (Lipinski definition) is 0. The van der Waals surface area contributed by atoms with E-state index in [1.54, 1.807) is 0 Å². The minimum absolute atomic E-state index is 0.101. The Morgan fingerprint density at radius 2 is 1.97 bits per heavy atom. The molecule has 29 heavy (non-hydrogen) atoms. The van der Waals surface area contributed by atoms with Crippen molar-refractivity contribution in [2.75, 3.05) is 6.61 Å². The maximum absolute atomic E-state index is 14.1. The number of ether oxygens (including phenoxy) is 2. The van der Waals surface area contributed by atoms with Gasteiger partial charge in [0, 0.05) is 24.0 Å². The molecule has 12 heteroatoms. The van der Waals surface area contributed by atoms with E-state index in [0.29, 0.717) is 5.56 Å². The number of aromatic nitrogens is 4. The zero-order valence-electron chi connectivity index (χ0n) is 15.7. The van der Waals surface area contributed by atoms with Gasteiger partial charge in [0.1, 0.15) is 5.82 Å². The first kappa shape index (κ1) is 22.4. The highest BCUT2D eigenvalue weighted by molar-refractivity contribution is 5.76. The van der Waals surface area contributed by atoms with Crippen LogP contribution in [0.3, 0.4) is 0 Å². The summed E-state index contributed by atoms with van der Waals surface area (Å²) in [5.74, 6) is -0.886. The number of alkyl halides is 5. The second kappa shape index (κ2) is 8.64. The highest BCUT2D eigenvalue weighted by Crippen LogP contribution is 2.30. The second-order valence-electron chi connectivity index (χ2n) is 5.75. The summed E-state index contributed by atoms with van der Waals surface area (Å²) in [5.41, 5.74) is 0.398. The Bertz CT molecular complexity index is 877. The SMILES string of the molecule is C=N/C(=C\n1c(C)nnc1C(F)(F)OCC)c1ccc(O[C@H](C)C(F)(F)F)nc1. The normalized spacial score (nSPS) is 14.0. The van der Waals surface area contributed by atoms with Crippen LogP contribution in [0.5, 0.6) is 5.88 Å². The quantitative estimate of drug-likeness (QED) is 0.477. The van der Waals surface area contributed by atoms with Crippen LogP contribution in [0, 0.1) is 6.92 Å². The molecule has 0 bridgehead atoms. The molecule has 0 fully saturated rings. The molecular formula is C17H18F5N5O2. The van der Waals surface area contributed by atoms with Crippen molar-refractivity contribution in [3.8, 4) is 5.88 Å². The van der Waals surface area contributed by atoms with Crippen LogP contribution in [0.1, 0.15) is 31.1 Å². The van der Waals surface area contributed by atoms with Crippen molar-refractivity contribution in [3.63, 3.8) is 0 Å². The van der Waals surface area contributed by atoms with Gasteiger partial charge < -0.3 is 9.47 Å². The lowest BCUT2D eigenvalue weighted by atomic mass is 10.2. The molecule has 2 aromatic rings. The molecule has 2 heterocycles. The van der Waals surface area contributed by atoms with E-state index in [2.05, 4.69) is 31.6 Å². The van der Waals surface area contributed by atoms with Gasteiger partial charge in [-0.2, -0.15) is 22.0 Å². The van der Waals surface area contributed by atoms with Crippen molar-refractivity contribution in [2.45, 2.75) is 39.2 Å². The zero-order chi connectivity index (χ0) is 21.8. The Labute approximate surface area is 162 Å². The second-order valence-corrected chi connectivity index (χ2v) is 5.75. The Balaban J connectivity index is 2.34. The molecule has 158 valence electrons. The molecule has 0 aliphatic heterocycles. The highest BCUT2D eigenvalue weighted by Gasteiger charge is 2.39. The van der Waals surface area contributed by atoms with Gasteiger partial charge in [-0.15, -0.1) is 10.2 Å². The third kappa shape index (κ3) is 5.34. The largest absolute Gasteiger partial charge is 0.465 e. The van der Waals surface area contributed by atoms with Gasteiger partial charge in [0.15, 0.2) is 6.10 Å². The minimum atomic E-state index is -4.54. The Morgan fingerprint density at radius 3 is 2.48 bits per heavy atom. The molecule has 0 radical (unpaired) electrons. The fourth-order valence-corrected chi connectivity index (χ4v) is 2.15. The van der Waals surface area contributed by atoms with Gasteiger partial charge in [-0.1, -0.05) is 0 Å². The van der Waals surface area contributed by atoms with E-state index >= 15 is 0 Å². The summed E-state index contributed by atoms with van der Waals surface area (Å²) in [6.07, 6.45) is -7.90. The number of pyridine rings is 1. The smallest absolute Gasteiger partial charge is 0.425 e. The Hall–Kier alpha value is -2.89. The first-order chi connectivity index (χ1) is 13.5. The van der Waals surface area contributed by atoms with Crippen LogP contribution < -0.4 is 4.74 Å². The number of aliphatic imine (C=N–C) groups is 1. The molecule has 0 aliphatic rings. The van der Waals surface area contributed by atoms with E-state index < -0.39 is 24.2 Å². The minimum Gasteiger partial charge on any atom is -0.465 e. The summed E-state index contributed by atoms with van der Waals surface area (Å²) in [7, 11) is 0. The number of halogens is 5. The maximum Gasteiger partial charge on any atom is 0.425 e. The lowest BCUT2D eigenvalue weighted by Gasteiger charge is -2.17. The van der Waals surface area contributed by atoms with Gasteiger partial charge in [0.2, 0.25) is 11.7 Å². The standard InChI is InChI=1S/C17H18F5N5O2/c1-5-28-17(21,22)15-26-25-11(3)27(15)9-13(23-4)12-6-7-14(24-8-12)29-10(2)16(18,19)20/h6-10H,4-5H2,1-3H3/b13-9-/t10-/m1/s1. The lowest BCUT2D eigenvalue weighted by molar-refractivity contribution is -0.252. The summed E-state index contributed by atoms with van der Waals surface area (Å²) in [4.78, 5) is 7.55. The van der Waals surface area contributed by atoms with Gasteiger partial charge in [0.05, 0.1) is 12.3 Å². The molecule has 0 saturated heterocycles. The molecular weight excluding hydrogens is 401 g/mol. The maximum atomic E-state index is 14.1. The van der Waals surface area contributed by atoms with Crippen LogP contribution >= 0.6 is 0 Å². The monoisotopic (exact) mass is 419 g/mol. The van der Waals surface area contributed by atoms with E-state index in [4.69, 9.17) is 4.74 Å². The van der Waals surface area contributed by atoms with Crippen molar-refractivity contribution < 1.29 is 31.4 Å². The number of aryl methyl sites for hydroxylation is 1. The molecule has 2 rings (SSSR count). The third-order valence-corrected chi connectivity index (χ3v) is 3.66. The van der Waals surface area contributed by atoms with Crippen molar-refractivity contribution >= 4 is 18.6 Å². The first-order valence-corrected chi connectivity index (χ1v) is 8.31. The zero-order valence-corrected chi connectivity index (χ0v) is 15.7. The molecule has 0 N–H and O–H groups in total. The molecule has 0 amide bonds. The third-order valence-electron chi connectivity index (χ3n) is 3.66. The summed E-state index contributed by atoms with van der Waals surface area (Å²) in [6, 6.07) is 2.57. The molecule has 0 aliphatic carbocycles. The Kier molecular flexibility index (Phi) is 6.67. The van der Waals surface area contributed by atoms with Crippen molar-refractivity contribution in [1.29, 1.82) is 0 Å². The van der Waals surface area contributed by atoms with E-state index in [9.17, 15) is 22.0 Å². The first-order valence-electron chi connectivity index (χ1n) is 8.31. The van der Waals surface area contributed by atoms with Crippen molar-refractivity contribution in [2.24, 2.45) is 4.99 Å². The van der Waals surface area contributed by atoms with Crippen LogP contribution in [0.2, 0.25) is 0 Å². The molecule has 7 nitrogen and oxygen atoms in total. The summed E-state index contributed by atoms with van der Waals surface area (Å²) >= 11 is 0. The van der Waals surface area contributed by atoms with Crippen LogP contribution in [0.15, 0.2) is 23.3 Å². The topological polar surface area (TPSA) is 74.4 Å². The molecule has 0 saturated carbocycles. The fourth-order valence-electron chi connectivity index (χ4n) is 2.15. The molecule has 0 spiro atoms. The van der Waals surface area contributed by atoms with Crippen LogP contribution in [0.25, 0.3) is 11.9 Å². The van der Waals surface area contributed by atoms with Gasteiger partial charge in [-0.25, -0.2) is 4.98 Å². The predicted octanol–water partition coefficient (Wildman–Crippen LogP) is 4.05. The lowest BCUT2D eigenvalue weighted by Crippen LogP contribution is -2.31. The van der Waals surface area contributed by atoms with Gasteiger partial charge in [-0.3, -0.25) is 9.56 Å². The number of nitrogens with zero attached hydrogens (tertiary/aromatic N) is 5. The van der Waals surface area contributed by atoms with Crippen molar-refractivity contribution in [1.82, 2.24) is 19.7 Å². The summed E-state index contributed by atoms with van der Waals surface area (Å²) < 4.78 is 76.0. The van der Waals surface area contributed by atoms with E-state index in [0.717, 1.165) is 11.5 Å². The van der Waals surface area contributed by atoms with E-state index in [1.807, 2.05) is 0 Å². The van der Waals surface area contributed by atoms with Gasteiger partial charge in [0.25, 0.3) is 0 Å². The molecule has 2 aromatic heterocycles. The Morgan fingerprint density at radius 1 is 1.28 bits per heavy atom. The average molecular weight is 419 g/mol. The highest BCUT2D eigenvalue weighted by atomic mass is 19.4. The van der Waals surface area contributed by atoms with Crippen LogP contribution in [-0.4, -0.2) is 45.4 Å². The van der Waals surface area contributed by atoms with E-state index in [1.165, 1.54) is 38.4 Å². The molecule has 0 aromatic carbocycles. The number of hydrogen-bond acceptors (Lipinski definition) is 6. The number of rotatable bonds is 8. The van der Waals surface area contributed by atoms with E-state index in [-0.39, 0.29) is 24.0 Å². The predicted molar refractivity (Wildman–Crippen MR) is 94.4 cm³/mol. The average Bonchev–Trinajstić information content (AvgIpc) is 3.01. The van der Waals surface area contributed by atoms with Gasteiger partial charge in [-0.05, 0) is 33.6 Å². The fraction of sp³-hybridized carbons (Fsp3) is 0.412. The summed E-state index contributed by atoms with van der Waals surface area (Å²) in [6.45, 7) is 6.83. The molecule has 1 atom stereocenters.